The molecule has 0 bridgehead atoms. The number of aromatic amines is 1. The van der Waals surface area contributed by atoms with Crippen molar-refractivity contribution in [2.45, 2.75) is 51.7 Å². The van der Waals surface area contributed by atoms with Crippen molar-refractivity contribution < 1.29 is 9.53 Å². The SMILES string of the molecule is CC(C)N1CCC(Oc2ccc3[nH]c(C(=O)NCCN4CCCCC4)cc3c2)C1. The van der Waals surface area contributed by atoms with Crippen LogP contribution < -0.4 is 10.1 Å². The summed E-state index contributed by atoms with van der Waals surface area (Å²) in [7, 11) is 0. The highest BCUT2D eigenvalue weighted by Crippen LogP contribution is 2.25. The molecular weight excluding hydrogens is 364 g/mol. The molecule has 158 valence electrons. The normalized spacial score (nSPS) is 21.1. The van der Waals surface area contributed by atoms with Gasteiger partial charge >= 0.3 is 0 Å². The molecular formula is C23H34N4O2. The van der Waals surface area contributed by atoms with Crippen molar-refractivity contribution >= 4 is 16.8 Å². The van der Waals surface area contributed by atoms with Gasteiger partial charge in [0.15, 0.2) is 0 Å². The molecule has 1 unspecified atom stereocenters. The van der Waals surface area contributed by atoms with E-state index in [9.17, 15) is 4.79 Å². The Morgan fingerprint density at radius 1 is 1.21 bits per heavy atom. The fourth-order valence-corrected chi connectivity index (χ4v) is 4.42. The van der Waals surface area contributed by atoms with Gasteiger partial charge in [-0.05, 0) is 70.5 Å². The van der Waals surface area contributed by atoms with Crippen molar-refractivity contribution in [3.63, 3.8) is 0 Å². The Labute approximate surface area is 173 Å². The van der Waals surface area contributed by atoms with Crippen LogP contribution in [0.15, 0.2) is 24.3 Å². The fourth-order valence-electron chi connectivity index (χ4n) is 4.42. The van der Waals surface area contributed by atoms with Crippen molar-refractivity contribution in [2.75, 3.05) is 39.3 Å². The summed E-state index contributed by atoms with van der Waals surface area (Å²) in [5, 5.41) is 4.06. The number of piperidine rings is 1. The molecule has 2 N–H and O–H groups in total. The van der Waals surface area contributed by atoms with Gasteiger partial charge in [-0.15, -0.1) is 0 Å². The van der Waals surface area contributed by atoms with Crippen molar-refractivity contribution in [2.24, 2.45) is 0 Å². The van der Waals surface area contributed by atoms with E-state index in [1.807, 2.05) is 24.3 Å². The predicted octanol–water partition coefficient (Wildman–Crippen LogP) is 3.25. The quantitative estimate of drug-likeness (QED) is 0.752. The number of ether oxygens (including phenoxy) is 1. The Balaban J connectivity index is 1.32. The van der Waals surface area contributed by atoms with E-state index in [0.29, 0.717) is 18.3 Å². The molecule has 6 heteroatoms. The van der Waals surface area contributed by atoms with E-state index in [4.69, 9.17) is 4.74 Å². The Bertz CT molecular complexity index is 825. The number of carbonyl (C=O) groups excluding carboxylic acids is 1. The van der Waals surface area contributed by atoms with Gasteiger partial charge in [-0.2, -0.15) is 0 Å². The largest absolute Gasteiger partial charge is 0.489 e. The second-order valence-corrected chi connectivity index (χ2v) is 8.71. The van der Waals surface area contributed by atoms with Gasteiger partial charge in [0.2, 0.25) is 0 Å². The predicted molar refractivity (Wildman–Crippen MR) is 117 cm³/mol. The van der Waals surface area contributed by atoms with E-state index in [2.05, 4.69) is 33.9 Å². The van der Waals surface area contributed by atoms with Gasteiger partial charge in [0, 0.05) is 43.1 Å². The number of carbonyl (C=O) groups is 1. The second-order valence-electron chi connectivity index (χ2n) is 8.71. The molecule has 1 atom stereocenters. The number of likely N-dealkylation sites (tertiary alicyclic amines) is 2. The van der Waals surface area contributed by atoms with Gasteiger partial charge in [-0.1, -0.05) is 6.42 Å². The zero-order valence-corrected chi connectivity index (χ0v) is 17.7. The number of rotatable bonds is 7. The maximum atomic E-state index is 12.5. The minimum atomic E-state index is -0.0379. The van der Waals surface area contributed by atoms with E-state index in [-0.39, 0.29) is 12.0 Å². The average Bonchev–Trinajstić information content (AvgIpc) is 3.35. The van der Waals surface area contributed by atoms with Crippen LogP contribution >= 0.6 is 0 Å². The number of hydrogen-bond donors (Lipinski definition) is 2. The lowest BCUT2D eigenvalue weighted by Gasteiger charge is -2.26. The molecule has 29 heavy (non-hydrogen) atoms. The van der Waals surface area contributed by atoms with Gasteiger partial charge in [-0.3, -0.25) is 9.69 Å². The van der Waals surface area contributed by atoms with E-state index >= 15 is 0 Å². The van der Waals surface area contributed by atoms with Crippen LogP contribution in [0.5, 0.6) is 5.75 Å². The molecule has 2 aliphatic heterocycles. The van der Waals surface area contributed by atoms with E-state index < -0.39 is 0 Å². The van der Waals surface area contributed by atoms with Crippen LogP contribution in [0, 0.1) is 0 Å². The number of hydrogen-bond acceptors (Lipinski definition) is 4. The van der Waals surface area contributed by atoms with Crippen LogP contribution in [-0.2, 0) is 0 Å². The number of benzene rings is 1. The molecule has 1 amide bonds. The fraction of sp³-hybridized carbons (Fsp3) is 0.609. The standard InChI is InChI=1S/C23H34N4O2/c1-17(2)27-12-8-20(16-27)29-19-6-7-21-18(14-19)15-22(25-21)23(28)24-9-13-26-10-4-3-5-11-26/h6-7,14-15,17,20,25H,3-5,8-13,16H2,1-2H3,(H,24,28). The minimum absolute atomic E-state index is 0.0379. The van der Waals surface area contributed by atoms with Crippen molar-refractivity contribution in [1.82, 2.24) is 20.1 Å². The zero-order valence-electron chi connectivity index (χ0n) is 17.7. The summed E-state index contributed by atoms with van der Waals surface area (Å²) in [5.74, 6) is 0.841. The minimum Gasteiger partial charge on any atom is -0.489 e. The first-order valence-electron chi connectivity index (χ1n) is 11.1. The maximum absolute atomic E-state index is 12.5. The van der Waals surface area contributed by atoms with E-state index in [1.54, 1.807) is 0 Å². The summed E-state index contributed by atoms with van der Waals surface area (Å²) in [4.78, 5) is 20.6. The summed E-state index contributed by atoms with van der Waals surface area (Å²) >= 11 is 0. The van der Waals surface area contributed by atoms with E-state index in [0.717, 1.165) is 55.8 Å². The highest BCUT2D eigenvalue weighted by molar-refractivity contribution is 5.98. The van der Waals surface area contributed by atoms with Crippen LogP contribution in [0.2, 0.25) is 0 Å². The van der Waals surface area contributed by atoms with Gasteiger partial charge in [0.1, 0.15) is 17.5 Å². The van der Waals surface area contributed by atoms with Crippen LogP contribution in [-0.4, -0.2) is 72.1 Å². The highest BCUT2D eigenvalue weighted by atomic mass is 16.5. The summed E-state index contributed by atoms with van der Waals surface area (Å²) in [6.45, 7) is 10.5. The summed E-state index contributed by atoms with van der Waals surface area (Å²) in [6, 6.07) is 8.52. The number of H-pyrrole nitrogens is 1. The van der Waals surface area contributed by atoms with Crippen molar-refractivity contribution in [3.05, 3.63) is 30.0 Å². The summed E-state index contributed by atoms with van der Waals surface area (Å²) < 4.78 is 6.20. The molecule has 6 nitrogen and oxygen atoms in total. The van der Waals surface area contributed by atoms with Crippen molar-refractivity contribution in [3.8, 4) is 5.75 Å². The average molecular weight is 399 g/mol. The smallest absolute Gasteiger partial charge is 0.267 e. The number of amides is 1. The van der Waals surface area contributed by atoms with Gasteiger partial charge in [0.05, 0.1) is 0 Å². The molecule has 1 aromatic heterocycles. The number of nitrogens with one attached hydrogen (secondary N) is 2. The molecule has 1 aromatic carbocycles. The first-order chi connectivity index (χ1) is 14.1. The molecule has 0 aliphatic carbocycles. The molecule has 0 saturated carbocycles. The van der Waals surface area contributed by atoms with Crippen LogP contribution in [0.4, 0.5) is 0 Å². The first kappa shape index (κ1) is 20.2. The van der Waals surface area contributed by atoms with Gasteiger partial charge in [0.25, 0.3) is 5.91 Å². The number of nitrogens with zero attached hydrogens (tertiary/aromatic N) is 2. The Hall–Kier alpha value is -2.05. The van der Waals surface area contributed by atoms with E-state index in [1.165, 1.54) is 19.3 Å². The lowest BCUT2D eigenvalue weighted by atomic mass is 10.1. The zero-order chi connectivity index (χ0) is 20.2. The molecule has 2 aliphatic rings. The molecule has 0 radical (unpaired) electrons. The van der Waals surface area contributed by atoms with Crippen LogP contribution in [0.1, 0.15) is 50.0 Å². The molecule has 0 spiro atoms. The number of fused-ring (bicyclic) bond motifs is 1. The lowest BCUT2D eigenvalue weighted by Crippen LogP contribution is -2.37. The lowest BCUT2D eigenvalue weighted by molar-refractivity contribution is 0.0942. The van der Waals surface area contributed by atoms with Crippen LogP contribution in [0.25, 0.3) is 10.9 Å². The molecule has 2 saturated heterocycles. The monoisotopic (exact) mass is 398 g/mol. The Morgan fingerprint density at radius 2 is 2.03 bits per heavy atom. The molecule has 4 rings (SSSR count). The van der Waals surface area contributed by atoms with Crippen molar-refractivity contribution in [1.29, 1.82) is 0 Å². The molecule has 2 fully saturated rings. The van der Waals surface area contributed by atoms with Gasteiger partial charge < -0.3 is 19.9 Å². The summed E-state index contributed by atoms with van der Waals surface area (Å²) in [6.07, 6.45) is 5.19. The second kappa shape index (κ2) is 9.18. The molecule has 2 aromatic rings. The topological polar surface area (TPSA) is 60.6 Å². The Morgan fingerprint density at radius 3 is 2.79 bits per heavy atom. The third-order valence-electron chi connectivity index (χ3n) is 6.21. The first-order valence-corrected chi connectivity index (χ1v) is 11.1. The number of aromatic nitrogens is 1. The summed E-state index contributed by atoms with van der Waals surface area (Å²) in [5.41, 5.74) is 1.58. The Kier molecular flexibility index (Phi) is 6.40. The third kappa shape index (κ3) is 5.11. The molecule has 3 heterocycles. The van der Waals surface area contributed by atoms with Gasteiger partial charge in [-0.25, -0.2) is 0 Å². The van der Waals surface area contributed by atoms with Crippen LogP contribution in [0.3, 0.4) is 0 Å². The maximum Gasteiger partial charge on any atom is 0.267 e. The highest BCUT2D eigenvalue weighted by Gasteiger charge is 2.25. The third-order valence-corrected chi connectivity index (χ3v) is 6.21.